The molecule has 1 fully saturated rings. The number of nitrogens with two attached hydrogens (primary N) is 1. The summed E-state index contributed by atoms with van der Waals surface area (Å²) >= 11 is 0. The number of hydrogen-bond acceptors (Lipinski definition) is 2. The van der Waals surface area contributed by atoms with E-state index >= 15 is 0 Å². The van der Waals surface area contributed by atoms with Gasteiger partial charge in [0.05, 0.1) is 0 Å². The molecule has 0 aromatic heterocycles. The van der Waals surface area contributed by atoms with Crippen molar-refractivity contribution in [1.82, 2.24) is 4.90 Å². The molecule has 2 rings (SSSR count). The van der Waals surface area contributed by atoms with Crippen LogP contribution in [0.15, 0.2) is 30.3 Å². The molecule has 2 atom stereocenters. The van der Waals surface area contributed by atoms with E-state index in [9.17, 15) is 0 Å². The second-order valence-corrected chi connectivity index (χ2v) is 5.10. The Bertz CT molecular complexity index is 317. The summed E-state index contributed by atoms with van der Waals surface area (Å²) < 4.78 is 0. The Balaban J connectivity index is 2.06. The standard InChI is InChI=1S/C15H24N2/c1-13(14-8-4-2-5-9-14)15(12-16)17-10-6-3-7-11-17/h2,4-5,8-9,13,15H,3,6-7,10-12,16H2,1H3. The summed E-state index contributed by atoms with van der Waals surface area (Å²) in [7, 11) is 0. The average Bonchev–Trinajstić information content (AvgIpc) is 2.42. The molecule has 0 amide bonds. The van der Waals surface area contributed by atoms with Gasteiger partial charge in [-0.1, -0.05) is 43.7 Å². The molecule has 2 nitrogen and oxygen atoms in total. The number of nitrogens with zero attached hydrogens (tertiary/aromatic N) is 1. The predicted octanol–water partition coefficient (Wildman–Crippen LogP) is 2.60. The van der Waals surface area contributed by atoms with Crippen molar-refractivity contribution in [2.75, 3.05) is 19.6 Å². The van der Waals surface area contributed by atoms with E-state index < -0.39 is 0 Å². The Kier molecular flexibility index (Phi) is 4.57. The van der Waals surface area contributed by atoms with Gasteiger partial charge in [-0.15, -0.1) is 0 Å². The van der Waals surface area contributed by atoms with Gasteiger partial charge in [-0.05, 0) is 37.4 Å². The van der Waals surface area contributed by atoms with Crippen LogP contribution in [0.1, 0.15) is 37.7 Å². The molecule has 0 spiro atoms. The van der Waals surface area contributed by atoms with Gasteiger partial charge in [-0.25, -0.2) is 0 Å². The van der Waals surface area contributed by atoms with Crippen molar-refractivity contribution in [3.05, 3.63) is 35.9 Å². The molecule has 0 aliphatic carbocycles. The molecule has 1 saturated heterocycles. The second-order valence-electron chi connectivity index (χ2n) is 5.10. The molecule has 17 heavy (non-hydrogen) atoms. The molecule has 1 aromatic rings. The Hall–Kier alpha value is -0.860. The van der Waals surface area contributed by atoms with Crippen molar-refractivity contribution in [2.24, 2.45) is 5.73 Å². The molecule has 2 N–H and O–H groups in total. The highest BCUT2D eigenvalue weighted by atomic mass is 15.2. The van der Waals surface area contributed by atoms with Gasteiger partial charge in [0.1, 0.15) is 0 Å². The van der Waals surface area contributed by atoms with Crippen molar-refractivity contribution in [3.8, 4) is 0 Å². The van der Waals surface area contributed by atoms with Gasteiger partial charge in [0.2, 0.25) is 0 Å². The Morgan fingerprint density at radius 2 is 1.76 bits per heavy atom. The van der Waals surface area contributed by atoms with Crippen molar-refractivity contribution >= 4 is 0 Å². The normalized spacial score (nSPS) is 21.1. The van der Waals surface area contributed by atoms with E-state index in [1.54, 1.807) is 0 Å². The summed E-state index contributed by atoms with van der Waals surface area (Å²) in [5, 5.41) is 0. The summed E-state index contributed by atoms with van der Waals surface area (Å²) in [6.45, 7) is 5.51. The van der Waals surface area contributed by atoms with Gasteiger partial charge in [0.15, 0.2) is 0 Å². The second kappa shape index (κ2) is 6.18. The van der Waals surface area contributed by atoms with E-state index in [0.29, 0.717) is 12.0 Å². The summed E-state index contributed by atoms with van der Waals surface area (Å²) in [5.74, 6) is 0.527. The average molecular weight is 232 g/mol. The SMILES string of the molecule is CC(c1ccccc1)C(CN)N1CCCCC1. The third-order valence-electron chi connectivity index (χ3n) is 4.00. The fraction of sp³-hybridized carbons (Fsp3) is 0.600. The summed E-state index contributed by atoms with van der Waals surface area (Å²) in [6.07, 6.45) is 4.05. The third-order valence-corrected chi connectivity index (χ3v) is 4.00. The first kappa shape index (κ1) is 12.6. The maximum absolute atomic E-state index is 6.00. The van der Waals surface area contributed by atoms with Crippen LogP contribution in [-0.2, 0) is 0 Å². The Labute approximate surface area is 105 Å². The van der Waals surface area contributed by atoms with Gasteiger partial charge in [0.25, 0.3) is 0 Å². The lowest BCUT2D eigenvalue weighted by Gasteiger charge is -2.37. The quantitative estimate of drug-likeness (QED) is 0.864. The fourth-order valence-electron chi connectivity index (χ4n) is 2.90. The van der Waals surface area contributed by atoms with E-state index in [1.165, 1.54) is 37.9 Å². The van der Waals surface area contributed by atoms with E-state index in [1.807, 2.05) is 0 Å². The minimum absolute atomic E-state index is 0.498. The minimum atomic E-state index is 0.498. The van der Waals surface area contributed by atoms with Crippen LogP contribution in [0.4, 0.5) is 0 Å². The zero-order valence-corrected chi connectivity index (χ0v) is 10.8. The molecule has 0 saturated carbocycles. The molecule has 1 heterocycles. The van der Waals surface area contributed by atoms with E-state index in [-0.39, 0.29) is 0 Å². The van der Waals surface area contributed by atoms with Gasteiger partial charge < -0.3 is 5.73 Å². The van der Waals surface area contributed by atoms with Crippen molar-refractivity contribution in [3.63, 3.8) is 0 Å². The molecule has 0 radical (unpaired) electrons. The number of likely N-dealkylation sites (tertiary alicyclic amines) is 1. The molecular weight excluding hydrogens is 208 g/mol. The van der Waals surface area contributed by atoms with Gasteiger partial charge in [-0.3, -0.25) is 4.90 Å². The Morgan fingerprint density at radius 3 is 2.35 bits per heavy atom. The molecule has 2 unspecified atom stereocenters. The van der Waals surface area contributed by atoms with Crippen molar-refractivity contribution in [2.45, 2.75) is 38.1 Å². The van der Waals surface area contributed by atoms with Gasteiger partial charge in [0, 0.05) is 12.6 Å². The minimum Gasteiger partial charge on any atom is -0.329 e. The molecular formula is C15H24N2. The summed E-state index contributed by atoms with van der Waals surface area (Å²) in [5.41, 5.74) is 7.41. The molecule has 0 bridgehead atoms. The lowest BCUT2D eigenvalue weighted by Crippen LogP contribution is -2.46. The maximum atomic E-state index is 6.00. The van der Waals surface area contributed by atoms with Crippen molar-refractivity contribution < 1.29 is 0 Å². The van der Waals surface area contributed by atoms with Crippen LogP contribution in [0.5, 0.6) is 0 Å². The first-order valence-electron chi connectivity index (χ1n) is 6.82. The smallest absolute Gasteiger partial charge is 0.0284 e. The number of piperidine rings is 1. The predicted molar refractivity (Wildman–Crippen MR) is 73.1 cm³/mol. The van der Waals surface area contributed by atoms with Crippen LogP contribution in [0, 0.1) is 0 Å². The van der Waals surface area contributed by atoms with Crippen LogP contribution in [0.25, 0.3) is 0 Å². The lowest BCUT2D eigenvalue weighted by molar-refractivity contribution is 0.149. The highest BCUT2D eigenvalue weighted by Crippen LogP contribution is 2.24. The molecule has 94 valence electrons. The van der Waals surface area contributed by atoms with E-state index in [0.717, 1.165) is 6.54 Å². The third kappa shape index (κ3) is 3.08. The number of rotatable bonds is 4. The van der Waals surface area contributed by atoms with Crippen LogP contribution in [-0.4, -0.2) is 30.6 Å². The summed E-state index contributed by atoms with van der Waals surface area (Å²) in [4.78, 5) is 2.58. The molecule has 1 aliphatic rings. The van der Waals surface area contributed by atoms with Crippen LogP contribution in [0.2, 0.25) is 0 Å². The highest BCUT2D eigenvalue weighted by molar-refractivity contribution is 5.20. The van der Waals surface area contributed by atoms with Gasteiger partial charge >= 0.3 is 0 Å². The molecule has 2 heteroatoms. The highest BCUT2D eigenvalue weighted by Gasteiger charge is 2.25. The van der Waals surface area contributed by atoms with Crippen molar-refractivity contribution in [1.29, 1.82) is 0 Å². The van der Waals surface area contributed by atoms with Crippen LogP contribution in [0.3, 0.4) is 0 Å². The molecule has 1 aliphatic heterocycles. The lowest BCUT2D eigenvalue weighted by atomic mass is 9.91. The largest absolute Gasteiger partial charge is 0.329 e. The fourth-order valence-corrected chi connectivity index (χ4v) is 2.90. The zero-order valence-electron chi connectivity index (χ0n) is 10.8. The zero-order chi connectivity index (χ0) is 12.1. The monoisotopic (exact) mass is 232 g/mol. The topological polar surface area (TPSA) is 29.3 Å². The van der Waals surface area contributed by atoms with Gasteiger partial charge in [-0.2, -0.15) is 0 Å². The number of benzene rings is 1. The van der Waals surface area contributed by atoms with E-state index in [4.69, 9.17) is 5.73 Å². The number of hydrogen-bond donors (Lipinski definition) is 1. The summed E-state index contributed by atoms with van der Waals surface area (Å²) in [6, 6.07) is 11.3. The first-order valence-corrected chi connectivity index (χ1v) is 6.82. The first-order chi connectivity index (χ1) is 8.33. The van der Waals surface area contributed by atoms with Crippen LogP contribution < -0.4 is 5.73 Å². The van der Waals surface area contributed by atoms with E-state index in [2.05, 4.69) is 42.2 Å². The maximum Gasteiger partial charge on any atom is 0.0284 e. The molecule has 1 aromatic carbocycles. The van der Waals surface area contributed by atoms with Crippen LogP contribution >= 0.6 is 0 Å². The Morgan fingerprint density at radius 1 is 1.12 bits per heavy atom.